The number of aromatic nitrogens is 2. The van der Waals surface area contributed by atoms with E-state index in [4.69, 9.17) is 5.11 Å². The highest BCUT2D eigenvalue weighted by Crippen LogP contribution is 2.18. The lowest BCUT2D eigenvalue weighted by molar-refractivity contribution is 0.0917. The van der Waals surface area contributed by atoms with E-state index in [0.29, 0.717) is 9.99 Å². The summed E-state index contributed by atoms with van der Waals surface area (Å²) in [6.45, 7) is 1.47. The third kappa shape index (κ3) is 2.65. The molecule has 0 aliphatic heterocycles. The number of hydrogen-bond acceptors (Lipinski definition) is 6. The second-order valence-electron chi connectivity index (χ2n) is 3.91. The molecule has 2 rings (SSSR count). The van der Waals surface area contributed by atoms with Crippen LogP contribution in [0.1, 0.15) is 17.3 Å². The average Bonchev–Trinajstić information content (AvgIpc) is 2.86. The third-order valence-corrected chi connectivity index (χ3v) is 3.94. The van der Waals surface area contributed by atoms with E-state index in [2.05, 4.69) is 10.3 Å². The van der Waals surface area contributed by atoms with Crippen LogP contribution in [-0.2, 0) is 0 Å². The molecule has 0 aliphatic carbocycles. The SMILES string of the molecule is CSc1nc2sccn2c(=O)c1C(=O)NC(C)CO. The minimum atomic E-state index is -0.510. The zero-order valence-electron chi connectivity index (χ0n) is 10.4. The lowest BCUT2D eigenvalue weighted by Gasteiger charge is -2.12. The number of aliphatic hydroxyl groups excluding tert-OH is 1. The minimum absolute atomic E-state index is 0.0173. The first-order valence-corrected chi connectivity index (χ1v) is 7.64. The van der Waals surface area contributed by atoms with Crippen molar-refractivity contribution in [3.63, 3.8) is 0 Å². The Labute approximate surface area is 117 Å². The summed E-state index contributed by atoms with van der Waals surface area (Å²) in [7, 11) is 0. The van der Waals surface area contributed by atoms with Crippen molar-refractivity contribution in [3.8, 4) is 0 Å². The number of carbonyl (C=O) groups is 1. The number of rotatable bonds is 4. The van der Waals surface area contributed by atoms with E-state index < -0.39 is 17.5 Å². The fraction of sp³-hybridized carbons (Fsp3) is 0.364. The molecule has 0 aliphatic rings. The van der Waals surface area contributed by atoms with Gasteiger partial charge in [0.1, 0.15) is 10.6 Å². The smallest absolute Gasteiger partial charge is 0.272 e. The van der Waals surface area contributed by atoms with Gasteiger partial charge in [0, 0.05) is 17.6 Å². The van der Waals surface area contributed by atoms with Crippen molar-refractivity contribution in [1.82, 2.24) is 14.7 Å². The molecule has 102 valence electrons. The predicted molar refractivity (Wildman–Crippen MR) is 75.1 cm³/mol. The highest BCUT2D eigenvalue weighted by molar-refractivity contribution is 7.98. The largest absolute Gasteiger partial charge is 0.394 e. The van der Waals surface area contributed by atoms with Crippen LogP contribution in [0.3, 0.4) is 0 Å². The number of thioether (sulfide) groups is 1. The van der Waals surface area contributed by atoms with Crippen molar-refractivity contribution in [2.24, 2.45) is 0 Å². The summed E-state index contributed by atoms with van der Waals surface area (Å²) in [6, 6.07) is -0.412. The zero-order valence-corrected chi connectivity index (χ0v) is 12.0. The molecule has 0 aromatic carbocycles. The van der Waals surface area contributed by atoms with Gasteiger partial charge in [-0.2, -0.15) is 0 Å². The molecule has 0 saturated heterocycles. The number of nitrogens with zero attached hydrogens (tertiary/aromatic N) is 2. The van der Waals surface area contributed by atoms with E-state index in [1.54, 1.807) is 24.8 Å². The van der Waals surface area contributed by atoms with Gasteiger partial charge in [-0.1, -0.05) is 0 Å². The van der Waals surface area contributed by atoms with E-state index in [-0.39, 0.29) is 12.2 Å². The van der Waals surface area contributed by atoms with E-state index in [9.17, 15) is 9.59 Å². The maximum atomic E-state index is 12.3. The van der Waals surface area contributed by atoms with Gasteiger partial charge in [-0.05, 0) is 13.2 Å². The van der Waals surface area contributed by atoms with E-state index in [0.717, 1.165) is 0 Å². The second kappa shape index (κ2) is 5.72. The maximum Gasteiger partial charge on any atom is 0.272 e. The van der Waals surface area contributed by atoms with Gasteiger partial charge >= 0.3 is 0 Å². The van der Waals surface area contributed by atoms with Crippen LogP contribution >= 0.6 is 23.1 Å². The number of nitrogens with one attached hydrogen (secondary N) is 1. The summed E-state index contributed by atoms with van der Waals surface area (Å²) >= 11 is 2.59. The van der Waals surface area contributed by atoms with Gasteiger partial charge in [-0.3, -0.25) is 14.0 Å². The van der Waals surface area contributed by atoms with Crippen molar-refractivity contribution in [1.29, 1.82) is 0 Å². The van der Waals surface area contributed by atoms with Crippen molar-refractivity contribution in [3.05, 3.63) is 27.5 Å². The maximum absolute atomic E-state index is 12.3. The lowest BCUT2D eigenvalue weighted by atomic mass is 10.2. The molecular formula is C11H13N3O3S2. The van der Waals surface area contributed by atoms with Crippen LogP contribution in [0.4, 0.5) is 0 Å². The number of carbonyl (C=O) groups excluding carboxylic acids is 1. The molecule has 0 radical (unpaired) electrons. The molecule has 2 aromatic heterocycles. The molecule has 1 amide bonds. The second-order valence-corrected chi connectivity index (χ2v) is 5.58. The first-order chi connectivity index (χ1) is 9.08. The molecule has 0 bridgehead atoms. The zero-order chi connectivity index (χ0) is 14.0. The Balaban J connectivity index is 2.54. The number of thiazole rings is 1. The first-order valence-electron chi connectivity index (χ1n) is 5.54. The third-order valence-electron chi connectivity index (χ3n) is 2.50. The van der Waals surface area contributed by atoms with Gasteiger partial charge in [0.15, 0.2) is 4.96 Å². The Hall–Kier alpha value is -1.38. The Morgan fingerprint density at radius 3 is 3.05 bits per heavy atom. The van der Waals surface area contributed by atoms with Crippen LogP contribution in [0.15, 0.2) is 21.4 Å². The number of fused-ring (bicyclic) bond motifs is 1. The average molecular weight is 299 g/mol. The van der Waals surface area contributed by atoms with Gasteiger partial charge in [-0.15, -0.1) is 23.1 Å². The molecule has 0 spiro atoms. The van der Waals surface area contributed by atoms with Crippen LogP contribution in [0.25, 0.3) is 4.96 Å². The van der Waals surface area contributed by atoms with Crippen molar-refractivity contribution >= 4 is 34.0 Å². The minimum Gasteiger partial charge on any atom is -0.394 e. The van der Waals surface area contributed by atoms with E-state index in [1.165, 1.54) is 27.5 Å². The molecule has 1 unspecified atom stereocenters. The molecule has 1 atom stereocenters. The Bertz CT molecular complexity index is 665. The van der Waals surface area contributed by atoms with E-state index in [1.807, 2.05) is 0 Å². The van der Waals surface area contributed by atoms with Gasteiger partial charge in [0.25, 0.3) is 11.5 Å². The van der Waals surface area contributed by atoms with Crippen molar-refractivity contribution < 1.29 is 9.90 Å². The van der Waals surface area contributed by atoms with Gasteiger partial charge in [0.2, 0.25) is 0 Å². The number of amides is 1. The molecule has 2 aromatic rings. The van der Waals surface area contributed by atoms with Crippen molar-refractivity contribution in [2.75, 3.05) is 12.9 Å². The van der Waals surface area contributed by atoms with Gasteiger partial charge in [0.05, 0.1) is 6.61 Å². The topological polar surface area (TPSA) is 83.7 Å². The molecule has 0 fully saturated rings. The normalized spacial score (nSPS) is 12.6. The first kappa shape index (κ1) is 14.0. The van der Waals surface area contributed by atoms with Crippen LogP contribution in [0.5, 0.6) is 0 Å². The molecule has 2 heterocycles. The Morgan fingerprint density at radius 1 is 1.68 bits per heavy atom. The summed E-state index contributed by atoms with van der Waals surface area (Å²) < 4.78 is 1.35. The highest BCUT2D eigenvalue weighted by atomic mass is 32.2. The van der Waals surface area contributed by atoms with Gasteiger partial charge in [-0.25, -0.2) is 4.98 Å². The molecule has 0 saturated carbocycles. The molecule has 19 heavy (non-hydrogen) atoms. The summed E-state index contributed by atoms with van der Waals surface area (Å²) in [6.07, 6.45) is 3.35. The summed E-state index contributed by atoms with van der Waals surface area (Å²) in [5, 5.41) is 13.7. The summed E-state index contributed by atoms with van der Waals surface area (Å²) in [5.74, 6) is -0.510. The van der Waals surface area contributed by atoms with Crippen molar-refractivity contribution in [2.45, 2.75) is 18.0 Å². The van der Waals surface area contributed by atoms with E-state index >= 15 is 0 Å². The standard InChI is InChI=1S/C11H13N3O3S2/c1-6(5-15)12-8(16)7-9(18-2)13-11-14(10(7)17)3-4-19-11/h3-4,6,15H,5H2,1-2H3,(H,12,16). The highest BCUT2D eigenvalue weighted by Gasteiger charge is 2.21. The Kier molecular flexibility index (Phi) is 4.23. The van der Waals surface area contributed by atoms with Crippen LogP contribution < -0.4 is 10.9 Å². The molecule has 2 N–H and O–H groups in total. The monoisotopic (exact) mass is 299 g/mol. The summed E-state index contributed by atoms with van der Waals surface area (Å²) in [5.41, 5.74) is -0.373. The Morgan fingerprint density at radius 2 is 2.42 bits per heavy atom. The quantitative estimate of drug-likeness (QED) is 0.637. The van der Waals surface area contributed by atoms with Crippen LogP contribution in [0, 0.1) is 0 Å². The lowest BCUT2D eigenvalue weighted by Crippen LogP contribution is -2.39. The fourth-order valence-electron chi connectivity index (χ4n) is 1.55. The van der Waals surface area contributed by atoms with Crippen LogP contribution in [-0.4, -0.2) is 39.3 Å². The fourth-order valence-corrected chi connectivity index (χ4v) is 2.87. The van der Waals surface area contributed by atoms with Crippen LogP contribution in [0.2, 0.25) is 0 Å². The molecule has 6 nitrogen and oxygen atoms in total. The molecular weight excluding hydrogens is 286 g/mol. The van der Waals surface area contributed by atoms with Gasteiger partial charge < -0.3 is 10.4 Å². The number of aliphatic hydroxyl groups is 1. The number of hydrogen-bond donors (Lipinski definition) is 2. The molecule has 8 heteroatoms. The summed E-state index contributed by atoms with van der Waals surface area (Å²) in [4.78, 5) is 29.2. The predicted octanol–water partition coefficient (Wildman–Crippen LogP) is 0.588.